The lowest BCUT2D eigenvalue weighted by atomic mass is 10.2. The van der Waals surface area contributed by atoms with Gasteiger partial charge in [0.2, 0.25) is 0 Å². The van der Waals surface area contributed by atoms with Crippen LogP contribution in [0.4, 0.5) is 11.4 Å². The van der Waals surface area contributed by atoms with Gasteiger partial charge in [-0.05, 0) is 25.1 Å². The summed E-state index contributed by atoms with van der Waals surface area (Å²) >= 11 is 0. The summed E-state index contributed by atoms with van der Waals surface area (Å²) in [6, 6.07) is 8.18. The summed E-state index contributed by atoms with van der Waals surface area (Å²) < 4.78 is 20.3. The summed E-state index contributed by atoms with van der Waals surface area (Å²) in [4.78, 5) is 47.1. The molecule has 12 heteroatoms. The molecule has 0 aliphatic rings. The molecule has 0 saturated carbocycles. The van der Waals surface area contributed by atoms with E-state index in [0.29, 0.717) is 11.5 Å². The smallest absolute Gasteiger partial charge is 0.326 e. The maximum atomic E-state index is 12.4. The molecule has 0 radical (unpaired) electrons. The molecule has 12 nitrogen and oxygen atoms in total. The molecular formula is C21H23N3O9. The topological polar surface area (TPSA) is 155 Å². The summed E-state index contributed by atoms with van der Waals surface area (Å²) in [5, 5.41) is 15.8. The molecule has 0 fully saturated rings. The Morgan fingerprint density at radius 2 is 1.64 bits per heavy atom. The molecule has 176 valence electrons. The number of anilines is 1. The van der Waals surface area contributed by atoms with Gasteiger partial charge in [-0.1, -0.05) is 0 Å². The lowest BCUT2D eigenvalue weighted by molar-refractivity contribution is -0.384. The van der Waals surface area contributed by atoms with Crippen LogP contribution in [0.2, 0.25) is 0 Å². The van der Waals surface area contributed by atoms with E-state index < -0.39 is 35.4 Å². The minimum absolute atomic E-state index is 0.0415. The fraction of sp³-hybridized carbons (Fsp3) is 0.286. The van der Waals surface area contributed by atoms with E-state index in [-0.39, 0.29) is 22.7 Å². The van der Waals surface area contributed by atoms with Gasteiger partial charge in [0.15, 0.2) is 6.10 Å². The standard InChI is InChI=1S/C21H23N3O9/c1-12(20(26)23-17-9-14(24(28)29)5-6-18(17)32-4)33-19(25)11-22-21(27)13-7-15(30-2)10-16(8-13)31-3/h5-10,12H,11H2,1-4H3,(H,22,27)(H,23,26). The highest BCUT2D eigenvalue weighted by Gasteiger charge is 2.21. The van der Waals surface area contributed by atoms with Gasteiger partial charge in [-0.2, -0.15) is 0 Å². The number of hydrogen-bond donors (Lipinski definition) is 2. The molecule has 33 heavy (non-hydrogen) atoms. The Bertz CT molecular complexity index is 1030. The number of ether oxygens (including phenoxy) is 4. The Morgan fingerprint density at radius 3 is 2.18 bits per heavy atom. The number of methoxy groups -OCH3 is 3. The second-order valence-corrected chi connectivity index (χ2v) is 6.55. The number of nitro groups is 1. The average Bonchev–Trinajstić information content (AvgIpc) is 2.81. The molecule has 2 amide bonds. The highest BCUT2D eigenvalue weighted by Crippen LogP contribution is 2.29. The van der Waals surface area contributed by atoms with Gasteiger partial charge in [-0.3, -0.25) is 24.5 Å². The maximum absolute atomic E-state index is 12.4. The Hall–Kier alpha value is -4.35. The van der Waals surface area contributed by atoms with Crippen molar-refractivity contribution < 1.29 is 38.3 Å². The van der Waals surface area contributed by atoms with Gasteiger partial charge in [-0.15, -0.1) is 0 Å². The molecule has 0 aliphatic heterocycles. The van der Waals surface area contributed by atoms with Crippen LogP contribution in [-0.2, 0) is 14.3 Å². The van der Waals surface area contributed by atoms with Crippen molar-refractivity contribution in [2.24, 2.45) is 0 Å². The van der Waals surface area contributed by atoms with Gasteiger partial charge < -0.3 is 29.6 Å². The monoisotopic (exact) mass is 461 g/mol. The number of nitro benzene ring substituents is 1. The second-order valence-electron chi connectivity index (χ2n) is 6.55. The first-order valence-electron chi connectivity index (χ1n) is 9.52. The zero-order valence-corrected chi connectivity index (χ0v) is 18.4. The molecule has 2 rings (SSSR count). The van der Waals surface area contributed by atoms with Crippen LogP contribution >= 0.6 is 0 Å². The molecule has 1 atom stereocenters. The Labute approximate surface area is 188 Å². The van der Waals surface area contributed by atoms with Crippen molar-refractivity contribution >= 4 is 29.2 Å². The van der Waals surface area contributed by atoms with E-state index >= 15 is 0 Å². The van der Waals surface area contributed by atoms with Crippen LogP contribution in [0.1, 0.15) is 17.3 Å². The molecule has 2 aromatic carbocycles. The van der Waals surface area contributed by atoms with Gasteiger partial charge in [0.25, 0.3) is 17.5 Å². The van der Waals surface area contributed by atoms with Crippen LogP contribution in [-0.4, -0.2) is 56.7 Å². The fourth-order valence-corrected chi connectivity index (χ4v) is 2.63. The molecule has 2 aromatic rings. The SMILES string of the molecule is COc1cc(OC)cc(C(=O)NCC(=O)OC(C)C(=O)Nc2cc([N+](=O)[O-])ccc2OC)c1. The fourth-order valence-electron chi connectivity index (χ4n) is 2.63. The average molecular weight is 461 g/mol. The number of nitrogens with one attached hydrogen (secondary N) is 2. The van der Waals surface area contributed by atoms with E-state index in [1.54, 1.807) is 6.07 Å². The van der Waals surface area contributed by atoms with E-state index in [0.717, 1.165) is 6.07 Å². The van der Waals surface area contributed by atoms with Crippen LogP contribution in [0, 0.1) is 10.1 Å². The van der Waals surface area contributed by atoms with Crippen molar-refractivity contribution in [3.63, 3.8) is 0 Å². The molecule has 0 spiro atoms. The summed E-state index contributed by atoms with van der Waals surface area (Å²) in [7, 11) is 4.20. The number of nitrogens with zero attached hydrogens (tertiary/aromatic N) is 1. The molecular weight excluding hydrogens is 438 g/mol. The number of esters is 1. The van der Waals surface area contributed by atoms with Gasteiger partial charge in [0.05, 0.1) is 31.9 Å². The van der Waals surface area contributed by atoms with E-state index in [4.69, 9.17) is 18.9 Å². The second kappa shape index (κ2) is 11.3. The minimum Gasteiger partial charge on any atom is -0.497 e. The van der Waals surface area contributed by atoms with Crippen LogP contribution < -0.4 is 24.8 Å². The summed E-state index contributed by atoms with van der Waals surface area (Å²) in [6.45, 7) is 0.807. The molecule has 0 aromatic heterocycles. The number of hydrogen-bond acceptors (Lipinski definition) is 9. The predicted molar refractivity (Wildman–Crippen MR) is 116 cm³/mol. The Balaban J connectivity index is 1.95. The summed E-state index contributed by atoms with van der Waals surface area (Å²) in [5.41, 5.74) is -0.0185. The number of non-ortho nitro benzene ring substituents is 1. The van der Waals surface area contributed by atoms with Gasteiger partial charge in [0, 0.05) is 23.8 Å². The summed E-state index contributed by atoms with van der Waals surface area (Å²) in [5.74, 6) is -1.22. The lowest BCUT2D eigenvalue weighted by Crippen LogP contribution is -2.35. The molecule has 0 saturated heterocycles. The number of carbonyl (C=O) groups excluding carboxylic acids is 3. The third-order valence-corrected chi connectivity index (χ3v) is 4.34. The van der Waals surface area contributed by atoms with Crippen LogP contribution in [0.3, 0.4) is 0 Å². The maximum Gasteiger partial charge on any atom is 0.326 e. The zero-order valence-electron chi connectivity index (χ0n) is 18.4. The molecule has 0 heterocycles. The minimum atomic E-state index is -1.25. The van der Waals surface area contributed by atoms with E-state index in [2.05, 4.69) is 10.6 Å². The first-order chi connectivity index (χ1) is 15.7. The quantitative estimate of drug-likeness (QED) is 0.307. The normalized spacial score (nSPS) is 11.0. The molecule has 0 aliphatic carbocycles. The third-order valence-electron chi connectivity index (χ3n) is 4.34. The van der Waals surface area contributed by atoms with Crippen molar-refractivity contribution in [1.82, 2.24) is 5.32 Å². The van der Waals surface area contributed by atoms with Crippen molar-refractivity contribution in [3.05, 3.63) is 52.1 Å². The number of benzene rings is 2. The Morgan fingerprint density at radius 1 is 1.00 bits per heavy atom. The van der Waals surface area contributed by atoms with Crippen molar-refractivity contribution in [3.8, 4) is 17.2 Å². The summed E-state index contributed by atoms with van der Waals surface area (Å²) in [6.07, 6.45) is -1.25. The molecule has 2 N–H and O–H groups in total. The predicted octanol–water partition coefficient (Wildman–Crippen LogP) is 1.92. The largest absolute Gasteiger partial charge is 0.497 e. The zero-order chi connectivity index (χ0) is 24.5. The van der Waals surface area contributed by atoms with Crippen LogP contribution in [0.25, 0.3) is 0 Å². The van der Waals surface area contributed by atoms with Gasteiger partial charge in [-0.25, -0.2) is 0 Å². The number of rotatable bonds is 10. The number of amides is 2. The van der Waals surface area contributed by atoms with Crippen LogP contribution in [0.15, 0.2) is 36.4 Å². The van der Waals surface area contributed by atoms with E-state index in [9.17, 15) is 24.5 Å². The van der Waals surface area contributed by atoms with Gasteiger partial charge >= 0.3 is 5.97 Å². The van der Waals surface area contributed by atoms with Crippen LogP contribution in [0.5, 0.6) is 17.2 Å². The van der Waals surface area contributed by atoms with E-state index in [1.807, 2.05) is 0 Å². The van der Waals surface area contributed by atoms with E-state index in [1.165, 1.54) is 52.5 Å². The highest BCUT2D eigenvalue weighted by molar-refractivity contribution is 5.98. The lowest BCUT2D eigenvalue weighted by Gasteiger charge is -2.15. The van der Waals surface area contributed by atoms with Crippen molar-refractivity contribution in [2.45, 2.75) is 13.0 Å². The van der Waals surface area contributed by atoms with Gasteiger partial charge in [0.1, 0.15) is 23.8 Å². The first kappa shape index (κ1) is 24.9. The number of carbonyl (C=O) groups is 3. The third kappa shape index (κ3) is 6.82. The molecule has 0 bridgehead atoms. The Kier molecular flexibility index (Phi) is 8.55. The van der Waals surface area contributed by atoms with Crippen molar-refractivity contribution in [2.75, 3.05) is 33.2 Å². The molecule has 1 unspecified atom stereocenters. The van der Waals surface area contributed by atoms with Crippen molar-refractivity contribution in [1.29, 1.82) is 0 Å². The highest BCUT2D eigenvalue weighted by atomic mass is 16.6. The first-order valence-corrected chi connectivity index (χ1v) is 9.52.